The summed E-state index contributed by atoms with van der Waals surface area (Å²) < 4.78 is 0. The Labute approximate surface area is 105 Å². The zero-order valence-corrected chi connectivity index (χ0v) is 10.3. The molecular formula is C14H16N2O2. The summed E-state index contributed by atoms with van der Waals surface area (Å²) in [7, 11) is 0. The lowest BCUT2D eigenvalue weighted by molar-refractivity contribution is -0.124. The van der Waals surface area contributed by atoms with Gasteiger partial charge in [0.15, 0.2) is 0 Å². The van der Waals surface area contributed by atoms with Gasteiger partial charge in [0, 0.05) is 36.5 Å². The number of hydrogen-bond donors (Lipinski definition) is 2. The van der Waals surface area contributed by atoms with Gasteiger partial charge in [0.1, 0.15) is 5.78 Å². The van der Waals surface area contributed by atoms with Crippen LogP contribution in [0, 0.1) is 0 Å². The molecule has 0 atom stereocenters. The second-order valence-corrected chi connectivity index (χ2v) is 4.34. The highest BCUT2D eigenvalue weighted by molar-refractivity contribution is 5.85. The zero-order valence-electron chi connectivity index (χ0n) is 10.3. The number of aromatic nitrogens is 1. The number of amides is 1. The first-order chi connectivity index (χ1) is 8.66. The van der Waals surface area contributed by atoms with E-state index in [0.717, 1.165) is 16.5 Å². The van der Waals surface area contributed by atoms with Crippen LogP contribution in [0.1, 0.15) is 25.3 Å². The van der Waals surface area contributed by atoms with Crippen molar-refractivity contribution in [2.45, 2.75) is 26.3 Å². The van der Waals surface area contributed by atoms with E-state index in [2.05, 4.69) is 10.3 Å². The van der Waals surface area contributed by atoms with E-state index in [-0.39, 0.29) is 18.1 Å². The third-order valence-electron chi connectivity index (χ3n) is 2.86. The average molecular weight is 244 g/mol. The number of benzene rings is 1. The van der Waals surface area contributed by atoms with Crippen LogP contribution < -0.4 is 5.32 Å². The number of rotatable bonds is 5. The Balaban J connectivity index is 1.94. The van der Waals surface area contributed by atoms with Gasteiger partial charge in [-0.2, -0.15) is 0 Å². The van der Waals surface area contributed by atoms with Crippen LogP contribution in [0.3, 0.4) is 0 Å². The van der Waals surface area contributed by atoms with Crippen molar-refractivity contribution < 1.29 is 9.59 Å². The highest BCUT2D eigenvalue weighted by atomic mass is 16.2. The fourth-order valence-electron chi connectivity index (χ4n) is 1.85. The smallest absolute Gasteiger partial charge is 0.220 e. The standard InChI is InChI=1S/C14H16N2O2/c1-10(17)6-7-14(18)16-9-11-8-15-13-5-3-2-4-12(11)13/h2-5,8,15H,6-7,9H2,1H3,(H,16,18). The molecule has 0 radical (unpaired) electrons. The first-order valence-electron chi connectivity index (χ1n) is 5.98. The number of Topliss-reactive ketones (excluding diaryl/α,β-unsaturated/α-hetero) is 1. The van der Waals surface area contributed by atoms with Crippen LogP contribution >= 0.6 is 0 Å². The Hall–Kier alpha value is -2.10. The number of fused-ring (bicyclic) bond motifs is 1. The maximum Gasteiger partial charge on any atom is 0.220 e. The van der Waals surface area contributed by atoms with Crippen molar-refractivity contribution in [3.05, 3.63) is 36.0 Å². The van der Waals surface area contributed by atoms with Crippen LogP contribution in [0.15, 0.2) is 30.5 Å². The van der Waals surface area contributed by atoms with Gasteiger partial charge in [-0.25, -0.2) is 0 Å². The molecule has 2 aromatic rings. The highest BCUT2D eigenvalue weighted by Gasteiger charge is 2.06. The first-order valence-corrected chi connectivity index (χ1v) is 5.98. The Bertz CT molecular complexity index is 572. The summed E-state index contributed by atoms with van der Waals surface area (Å²) in [6.45, 7) is 1.98. The molecule has 0 aliphatic rings. The van der Waals surface area contributed by atoms with E-state index in [1.54, 1.807) is 0 Å². The van der Waals surface area contributed by atoms with Gasteiger partial charge in [0.25, 0.3) is 0 Å². The molecule has 1 amide bonds. The third-order valence-corrected chi connectivity index (χ3v) is 2.86. The van der Waals surface area contributed by atoms with E-state index < -0.39 is 0 Å². The van der Waals surface area contributed by atoms with Crippen molar-refractivity contribution in [3.8, 4) is 0 Å². The average Bonchev–Trinajstić information content (AvgIpc) is 2.77. The van der Waals surface area contributed by atoms with Gasteiger partial charge in [0.2, 0.25) is 5.91 Å². The molecule has 0 bridgehead atoms. The van der Waals surface area contributed by atoms with Crippen molar-refractivity contribution in [1.29, 1.82) is 0 Å². The molecule has 94 valence electrons. The van der Waals surface area contributed by atoms with Crippen LogP contribution in [-0.2, 0) is 16.1 Å². The number of carbonyl (C=O) groups is 2. The summed E-state index contributed by atoms with van der Waals surface area (Å²) in [5, 5.41) is 3.94. The van der Waals surface area contributed by atoms with E-state index in [4.69, 9.17) is 0 Å². The zero-order chi connectivity index (χ0) is 13.0. The fraction of sp³-hybridized carbons (Fsp3) is 0.286. The maximum absolute atomic E-state index is 11.5. The third kappa shape index (κ3) is 2.97. The van der Waals surface area contributed by atoms with Gasteiger partial charge in [-0.05, 0) is 18.6 Å². The molecule has 0 spiro atoms. The molecule has 1 aromatic carbocycles. The molecule has 0 saturated carbocycles. The quantitative estimate of drug-likeness (QED) is 0.846. The van der Waals surface area contributed by atoms with Crippen molar-refractivity contribution >= 4 is 22.6 Å². The minimum Gasteiger partial charge on any atom is -0.361 e. The van der Waals surface area contributed by atoms with Crippen LogP contribution in [0.5, 0.6) is 0 Å². The van der Waals surface area contributed by atoms with Crippen molar-refractivity contribution in [1.82, 2.24) is 10.3 Å². The summed E-state index contributed by atoms with van der Waals surface area (Å²) >= 11 is 0. The van der Waals surface area contributed by atoms with Gasteiger partial charge in [-0.3, -0.25) is 4.79 Å². The summed E-state index contributed by atoms with van der Waals surface area (Å²) in [4.78, 5) is 25.4. The molecule has 1 heterocycles. The Morgan fingerprint density at radius 1 is 1.22 bits per heavy atom. The van der Waals surface area contributed by atoms with Crippen molar-refractivity contribution in [2.75, 3.05) is 0 Å². The van der Waals surface area contributed by atoms with Crippen LogP contribution in [0.2, 0.25) is 0 Å². The molecule has 0 aliphatic carbocycles. The van der Waals surface area contributed by atoms with Crippen molar-refractivity contribution in [2.24, 2.45) is 0 Å². The van der Waals surface area contributed by atoms with Crippen molar-refractivity contribution in [3.63, 3.8) is 0 Å². The van der Waals surface area contributed by atoms with E-state index in [1.165, 1.54) is 6.92 Å². The maximum atomic E-state index is 11.5. The molecule has 2 rings (SSSR count). The minimum absolute atomic E-state index is 0.0391. The second kappa shape index (κ2) is 5.49. The number of H-pyrrole nitrogens is 1. The lowest BCUT2D eigenvalue weighted by atomic mass is 10.1. The summed E-state index contributed by atoms with van der Waals surface area (Å²) in [5.41, 5.74) is 2.12. The summed E-state index contributed by atoms with van der Waals surface area (Å²) in [6, 6.07) is 7.95. The van der Waals surface area contributed by atoms with Gasteiger partial charge in [-0.1, -0.05) is 18.2 Å². The fourth-order valence-corrected chi connectivity index (χ4v) is 1.85. The van der Waals surface area contributed by atoms with E-state index in [0.29, 0.717) is 13.0 Å². The topological polar surface area (TPSA) is 62.0 Å². The Morgan fingerprint density at radius 2 is 2.00 bits per heavy atom. The molecule has 2 N–H and O–H groups in total. The number of para-hydroxylation sites is 1. The number of nitrogens with one attached hydrogen (secondary N) is 2. The van der Waals surface area contributed by atoms with Gasteiger partial charge < -0.3 is 15.1 Å². The molecule has 0 fully saturated rings. The van der Waals surface area contributed by atoms with E-state index in [9.17, 15) is 9.59 Å². The highest BCUT2D eigenvalue weighted by Crippen LogP contribution is 2.17. The second-order valence-electron chi connectivity index (χ2n) is 4.34. The summed E-state index contributed by atoms with van der Waals surface area (Å²) in [6.07, 6.45) is 2.47. The normalized spacial score (nSPS) is 10.5. The van der Waals surface area contributed by atoms with Crippen LogP contribution in [0.4, 0.5) is 0 Å². The number of carbonyl (C=O) groups excluding carboxylic acids is 2. The molecule has 1 aromatic heterocycles. The minimum atomic E-state index is -0.0875. The molecule has 0 unspecified atom stereocenters. The first kappa shape index (κ1) is 12.4. The molecular weight excluding hydrogens is 228 g/mol. The number of aromatic amines is 1. The van der Waals surface area contributed by atoms with Crippen LogP contribution in [-0.4, -0.2) is 16.7 Å². The van der Waals surface area contributed by atoms with Gasteiger partial charge >= 0.3 is 0 Å². The lowest BCUT2D eigenvalue weighted by Crippen LogP contribution is -2.22. The molecule has 0 aliphatic heterocycles. The summed E-state index contributed by atoms with van der Waals surface area (Å²) in [5.74, 6) is -0.0484. The van der Waals surface area contributed by atoms with Gasteiger partial charge in [-0.15, -0.1) is 0 Å². The predicted octanol–water partition coefficient (Wildman–Crippen LogP) is 2.15. The number of ketones is 1. The molecule has 0 saturated heterocycles. The molecule has 4 heteroatoms. The Kier molecular flexibility index (Phi) is 3.77. The number of hydrogen-bond acceptors (Lipinski definition) is 2. The molecule has 18 heavy (non-hydrogen) atoms. The largest absolute Gasteiger partial charge is 0.361 e. The SMILES string of the molecule is CC(=O)CCC(=O)NCc1c[nH]c2ccccc12. The van der Waals surface area contributed by atoms with E-state index in [1.807, 2.05) is 30.5 Å². The predicted molar refractivity (Wildman–Crippen MR) is 70.1 cm³/mol. The van der Waals surface area contributed by atoms with Crippen LogP contribution in [0.25, 0.3) is 10.9 Å². The van der Waals surface area contributed by atoms with Gasteiger partial charge in [0.05, 0.1) is 0 Å². The molecule has 4 nitrogen and oxygen atoms in total. The van der Waals surface area contributed by atoms with E-state index >= 15 is 0 Å². The Morgan fingerprint density at radius 3 is 2.78 bits per heavy atom. The monoisotopic (exact) mass is 244 g/mol. The lowest BCUT2D eigenvalue weighted by Gasteiger charge is -2.03.